The molecule has 0 radical (unpaired) electrons. The van der Waals surface area contributed by atoms with E-state index in [-0.39, 0.29) is 22.3 Å². The molecule has 3 rings (SSSR count). The summed E-state index contributed by atoms with van der Waals surface area (Å²) in [4.78, 5) is 12.1. The van der Waals surface area contributed by atoms with Crippen LogP contribution in [0.4, 0.5) is 0 Å². The molecule has 4 heteroatoms. The second kappa shape index (κ2) is 3.25. The zero-order chi connectivity index (χ0) is 12.2. The molecule has 1 aliphatic carbocycles. The van der Waals surface area contributed by atoms with Crippen LogP contribution in [0.5, 0.6) is 11.5 Å². The Morgan fingerprint density at radius 2 is 1.65 bits per heavy atom. The first-order chi connectivity index (χ1) is 8.09. The molecule has 0 saturated heterocycles. The van der Waals surface area contributed by atoms with E-state index in [4.69, 9.17) is 11.6 Å². The molecule has 0 saturated carbocycles. The number of phenolic OH excluding ortho intramolecular Hbond substituents is 2. The van der Waals surface area contributed by atoms with Crippen LogP contribution in [0.2, 0.25) is 5.02 Å². The van der Waals surface area contributed by atoms with E-state index in [0.29, 0.717) is 16.7 Å². The Bertz CT molecular complexity index is 662. The average molecular weight is 247 g/mol. The number of ketones is 1. The smallest absolute Gasteiger partial charge is 0.196 e. The minimum atomic E-state index is -0.271. The van der Waals surface area contributed by atoms with Gasteiger partial charge < -0.3 is 10.2 Å². The first-order valence-corrected chi connectivity index (χ1v) is 5.37. The van der Waals surface area contributed by atoms with Crippen molar-refractivity contribution in [2.75, 3.05) is 0 Å². The lowest BCUT2D eigenvalue weighted by Crippen LogP contribution is -1.96. The number of fused-ring (bicyclic) bond motifs is 3. The minimum Gasteiger partial charge on any atom is -0.508 e. The summed E-state index contributed by atoms with van der Waals surface area (Å²) in [6, 6.07) is 7.70. The van der Waals surface area contributed by atoms with Crippen molar-refractivity contribution in [3.8, 4) is 22.6 Å². The highest BCUT2D eigenvalue weighted by Gasteiger charge is 2.30. The third-order valence-corrected chi connectivity index (χ3v) is 3.27. The maximum atomic E-state index is 12.1. The Labute approximate surface area is 102 Å². The summed E-state index contributed by atoms with van der Waals surface area (Å²) in [6.07, 6.45) is 0. The zero-order valence-corrected chi connectivity index (χ0v) is 9.32. The van der Waals surface area contributed by atoms with Gasteiger partial charge in [0, 0.05) is 5.56 Å². The number of hydrogen-bond acceptors (Lipinski definition) is 3. The normalized spacial score (nSPS) is 12.4. The van der Waals surface area contributed by atoms with Crippen molar-refractivity contribution < 1.29 is 15.0 Å². The van der Waals surface area contributed by atoms with Gasteiger partial charge in [-0.15, -0.1) is 0 Å². The fourth-order valence-corrected chi connectivity index (χ4v) is 2.35. The van der Waals surface area contributed by atoms with E-state index in [2.05, 4.69) is 0 Å². The molecule has 0 amide bonds. The lowest BCUT2D eigenvalue weighted by molar-refractivity contribution is 0.104. The minimum absolute atomic E-state index is 0.0326. The van der Waals surface area contributed by atoms with Crippen LogP contribution in [0.1, 0.15) is 15.9 Å². The van der Waals surface area contributed by atoms with Crippen molar-refractivity contribution >= 4 is 17.4 Å². The van der Waals surface area contributed by atoms with Crippen molar-refractivity contribution in [1.82, 2.24) is 0 Å². The monoisotopic (exact) mass is 246 g/mol. The second-order valence-corrected chi connectivity index (χ2v) is 4.26. The van der Waals surface area contributed by atoms with Gasteiger partial charge in [0.2, 0.25) is 0 Å². The predicted molar refractivity (Wildman–Crippen MR) is 63.7 cm³/mol. The van der Waals surface area contributed by atoms with Crippen molar-refractivity contribution in [1.29, 1.82) is 0 Å². The molecule has 0 bridgehead atoms. The molecule has 0 unspecified atom stereocenters. The SMILES string of the molecule is O=C1c2cc(O)ccc2-c2ccc(O)c(Cl)c21. The predicted octanol–water partition coefficient (Wildman–Crippen LogP) is 2.96. The van der Waals surface area contributed by atoms with Crippen molar-refractivity contribution in [3.05, 3.63) is 46.5 Å². The van der Waals surface area contributed by atoms with Gasteiger partial charge in [0.05, 0.1) is 10.6 Å². The van der Waals surface area contributed by atoms with E-state index in [0.717, 1.165) is 5.56 Å². The Morgan fingerprint density at radius 1 is 0.941 bits per heavy atom. The van der Waals surface area contributed by atoms with Gasteiger partial charge in [0.15, 0.2) is 5.78 Å². The molecule has 0 atom stereocenters. The number of benzene rings is 2. The summed E-state index contributed by atoms with van der Waals surface area (Å²) in [5, 5.41) is 18.9. The summed E-state index contributed by atoms with van der Waals surface area (Å²) in [5.74, 6) is -0.354. The van der Waals surface area contributed by atoms with E-state index >= 15 is 0 Å². The van der Waals surface area contributed by atoms with Crippen LogP contribution in [-0.2, 0) is 0 Å². The maximum Gasteiger partial charge on any atom is 0.196 e. The summed E-state index contributed by atoms with van der Waals surface area (Å²) in [6.45, 7) is 0. The van der Waals surface area contributed by atoms with Crippen LogP contribution in [0.15, 0.2) is 30.3 Å². The topological polar surface area (TPSA) is 57.5 Å². The van der Waals surface area contributed by atoms with Gasteiger partial charge in [0.1, 0.15) is 11.5 Å². The van der Waals surface area contributed by atoms with Crippen LogP contribution in [0.3, 0.4) is 0 Å². The molecule has 0 heterocycles. The number of aromatic hydroxyl groups is 2. The van der Waals surface area contributed by atoms with Gasteiger partial charge >= 0.3 is 0 Å². The molecule has 0 spiro atoms. The maximum absolute atomic E-state index is 12.1. The standard InChI is InChI=1S/C13H7ClO3/c14-12-10(16)4-3-8-7-2-1-6(15)5-9(7)13(17)11(8)12/h1-5,15-16H. The summed E-state index contributed by atoms with van der Waals surface area (Å²) in [5.41, 5.74) is 2.12. The first kappa shape index (κ1) is 10.2. The fraction of sp³-hybridized carbons (Fsp3) is 0. The van der Waals surface area contributed by atoms with Gasteiger partial charge in [-0.2, -0.15) is 0 Å². The number of hydrogen-bond donors (Lipinski definition) is 2. The Morgan fingerprint density at radius 3 is 2.41 bits per heavy atom. The molecule has 3 nitrogen and oxygen atoms in total. The molecule has 0 aliphatic heterocycles. The van der Waals surface area contributed by atoms with Gasteiger partial charge in [-0.1, -0.05) is 11.6 Å². The van der Waals surface area contributed by atoms with Crippen LogP contribution in [-0.4, -0.2) is 16.0 Å². The lowest BCUT2D eigenvalue weighted by atomic mass is 10.1. The Hall–Kier alpha value is -2.00. The Balaban J connectivity index is 2.38. The third kappa shape index (κ3) is 1.26. The number of rotatable bonds is 0. The van der Waals surface area contributed by atoms with E-state index in [1.807, 2.05) is 0 Å². The molecule has 84 valence electrons. The van der Waals surface area contributed by atoms with Gasteiger partial charge in [0.25, 0.3) is 0 Å². The highest BCUT2D eigenvalue weighted by atomic mass is 35.5. The lowest BCUT2D eigenvalue weighted by Gasteiger charge is -2.02. The Kier molecular flexibility index (Phi) is 1.94. The highest BCUT2D eigenvalue weighted by molar-refractivity contribution is 6.39. The molecule has 17 heavy (non-hydrogen) atoms. The third-order valence-electron chi connectivity index (χ3n) is 2.89. The summed E-state index contributed by atoms with van der Waals surface area (Å²) in [7, 11) is 0. The van der Waals surface area contributed by atoms with Crippen molar-refractivity contribution in [3.63, 3.8) is 0 Å². The van der Waals surface area contributed by atoms with E-state index < -0.39 is 0 Å². The first-order valence-electron chi connectivity index (χ1n) is 4.99. The van der Waals surface area contributed by atoms with E-state index in [1.54, 1.807) is 12.1 Å². The van der Waals surface area contributed by atoms with Crippen molar-refractivity contribution in [2.45, 2.75) is 0 Å². The van der Waals surface area contributed by atoms with E-state index in [1.165, 1.54) is 18.2 Å². The number of carbonyl (C=O) groups excluding carboxylic acids is 1. The van der Waals surface area contributed by atoms with Crippen LogP contribution < -0.4 is 0 Å². The summed E-state index contributed by atoms with van der Waals surface area (Å²) >= 11 is 5.93. The number of phenols is 2. The quantitative estimate of drug-likeness (QED) is 0.641. The molecule has 2 aromatic carbocycles. The van der Waals surface area contributed by atoms with Gasteiger partial charge in [-0.25, -0.2) is 0 Å². The van der Waals surface area contributed by atoms with Crippen LogP contribution in [0, 0.1) is 0 Å². The molecule has 2 N–H and O–H groups in total. The molecule has 0 fully saturated rings. The number of carbonyl (C=O) groups is 1. The molecule has 0 aromatic heterocycles. The van der Waals surface area contributed by atoms with E-state index in [9.17, 15) is 15.0 Å². The highest BCUT2D eigenvalue weighted by Crippen LogP contribution is 2.43. The average Bonchev–Trinajstić information content (AvgIpc) is 2.58. The largest absolute Gasteiger partial charge is 0.508 e. The molecule has 1 aliphatic rings. The van der Waals surface area contributed by atoms with Crippen molar-refractivity contribution in [2.24, 2.45) is 0 Å². The zero-order valence-electron chi connectivity index (χ0n) is 8.57. The molecular formula is C13H7ClO3. The summed E-state index contributed by atoms with van der Waals surface area (Å²) < 4.78 is 0. The molecule has 2 aromatic rings. The van der Waals surface area contributed by atoms with Gasteiger partial charge in [-0.3, -0.25) is 4.79 Å². The molecular weight excluding hydrogens is 240 g/mol. The van der Waals surface area contributed by atoms with Crippen LogP contribution in [0.25, 0.3) is 11.1 Å². The van der Waals surface area contributed by atoms with Gasteiger partial charge in [-0.05, 0) is 41.5 Å². The van der Waals surface area contributed by atoms with Crippen LogP contribution >= 0.6 is 11.6 Å². The second-order valence-electron chi connectivity index (χ2n) is 3.88. The number of halogens is 1. The fourth-order valence-electron chi connectivity index (χ4n) is 2.10.